The lowest BCUT2D eigenvalue weighted by atomic mass is 9.59. The van der Waals surface area contributed by atoms with Crippen LogP contribution in [-0.4, -0.2) is 81.8 Å². The van der Waals surface area contributed by atoms with Crippen LogP contribution in [0.4, 0.5) is 0 Å². The molecule has 0 aliphatic carbocycles. The second kappa shape index (κ2) is 18.2. The van der Waals surface area contributed by atoms with Gasteiger partial charge in [-0.25, -0.2) is 0 Å². The third kappa shape index (κ3) is 9.19. The van der Waals surface area contributed by atoms with Gasteiger partial charge in [-0.1, -0.05) is 13.8 Å². The SMILES string of the molecule is CC(=O)C12N/C(=C\C3=NC(=C(CCC(=O)[O-])[C@]3(C)CC(=O)[O-])C[C@]3(C)N=C(CC4=NC1=C(CC(=O)[O-])[C@@]4(C)CCC(=O)[O-])C(CCC(=O)[O-])=C3CC(=O)[O-])[C@@H](CCC(=O)[O-])[C@]2(C)CC(=O)[O-]. The smallest absolute Gasteiger partial charge is 0.161 e. The molecule has 6 atom stereocenters. The van der Waals surface area contributed by atoms with E-state index in [0.717, 1.165) is 6.92 Å². The molecule has 1 fully saturated rings. The van der Waals surface area contributed by atoms with Gasteiger partial charge in [-0.15, -0.1) is 0 Å². The summed E-state index contributed by atoms with van der Waals surface area (Å²) in [6.45, 7) is 6.57. The second-order valence-corrected chi connectivity index (χ2v) is 18.3. The molecule has 0 aromatic carbocycles. The van der Waals surface area contributed by atoms with Gasteiger partial charge in [0.15, 0.2) is 5.78 Å². The van der Waals surface area contributed by atoms with Crippen LogP contribution in [0, 0.1) is 22.2 Å². The van der Waals surface area contributed by atoms with Gasteiger partial charge in [0.2, 0.25) is 0 Å². The van der Waals surface area contributed by atoms with Gasteiger partial charge in [-0.3, -0.25) is 19.8 Å². The van der Waals surface area contributed by atoms with Crippen LogP contribution in [0.5, 0.6) is 0 Å². The van der Waals surface area contributed by atoms with E-state index in [9.17, 15) is 84.0 Å². The highest BCUT2D eigenvalue weighted by Crippen LogP contribution is 2.61. The lowest BCUT2D eigenvalue weighted by molar-refractivity contribution is -0.310. The molecule has 66 heavy (non-hydrogen) atoms. The molecule has 5 aliphatic heterocycles. The quantitative estimate of drug-likeness (QED) is 0.112. The molecular weight excluding hydrogens is 869 g/mol. The molecule has 21 heteroatoms. The molecule has 0 saturated carbocycles. The highest BCUT2D eigenvalue weighted by atomic mass is 16.4. The Hall–Kier alpha value is -6.80. The number of ketones is 1. The Bertz CT molecular complexity index is 2460. The van der Waals surface area contributed by atoms with E-state index in [2.05, 4.69) is 5.32 Å². The predicted octanol–water partition coefficient (Wildman–Crippen LogP) is -6.16. The molecule has 0 radical (unpaired) electrons. The summed E-state index contributed by atoms with van der Waals surface area (Å²) in [7, 11) is 0. The fraction of sp³-hybridized carbons (Fsp3) is 0.556. The lowest BCUT2D eigenvalue weighted by Crippen LogP contribution is -2.59. The number of aliphatic imine (C=N–C) groups is 3. The van der Waals surface area contributed by atoms with E-state index in [1.54, 1.807) is 0 Å². The van der Waals surface area contributed by atoms with Crippen LogP contribution in [-0.2, 0) is 43.2 Å². The Balaban J connectivity index is 2.05. The molecule has 0 amide bonds. The first-order chi connectivity index (χ1) is 30.5. The van der Waals surface area contributed by atoms with Crippen LogP contribution in [0.25, 0.3) is 0 Å². The largest absolute Gasteiger partial charge is 0.550 e. The number of hydrogen-bond donors (Lipinski definition) is 1. The summed E-state index contributed by atoms with van der Waals surface area (Å²) in [5.41, 5.74) is -10.8. The number of fused-ring (bicyclic) bond motifs is 6. The Labute approximate surface area is 377 Å². The Kier molecular flexibility index (Phi) is 13.9. The maximum atomic E-state index is 14.8. The molecule has 5 aliphatic rings. The highest BCUT2D eigenvalue weighted by molar-refractivity contribution is 6.18. The molecule has 0 spiro atoms. The maximum Gasteiger partial charge on any atom is 0.161 e. The average Bonchev–Trinajstić information content (AvgIpc) is 3.75. The van der Waals surface area contributed by atoms with E-state index in [1.165, 1.54) is 33.8 Å². The first-order valence-corrected chi connectivity index (χ1v) is 21.1. The topological polar surface area (TPSA) is 387 Å². The zero-order valence-corrected chi connectivity index (χ0v) is 36.8. The normalized spacial score (nSPS) is 29.7. The highest BCUT2D eigenvalue weighted by Gasteiger charge is 2.66. The molecule has 1 saturated heterocycles. The first-order valence-electron chi connectivity index (χ1n) is 21.1. The van der Waals surface area contributed by atoms with Crippen molar-refractivity contribution in [3.63, 3.8) is 0 Å². The summed E-state index contributed by atoms with van der Waals surface area (Å²) >= 11 is 0. The van der Waals surface area contributed by atoms with Crippen molar-refractivity contribution in [2.75, 3.05) is 0 Å². The number of Topliss-reactive ketones (excluding diaryl/α,β-unsaturated/α-hetero) is 1. The summed E-state index contributed by atoms with van der Waals surface area (Å²) in [5.74, 6) is -15.4. The van der Waals surface area contributed by atoms with Crippen LogP contribution >= 0.6 is 0 Å². The minimum absolute atomic E-state index is 0.000503. The molecule has 1 unspecified atom stereocenters. The standard InChI is InChI=1S/C45H54N4O17/c1-21(50)45-40-26(15-37(61)62)41(2,13-12-35(57)58)30(47-40)16-27-22(6-9-32(51)52)25(14-36(59)60)44(5,48-27)18-29-23(7-10-33(53)54)42(3,19-38(63)64)31(46-29)17-28(49-45)24(8-11-34(55)56)43(45,4)20-39(65)66/h17,24,49H,6-16,18-20H2,1-5H3,(H,51,52)(H,53,54)(H,55,56)(H,57,58)(H,59,60)(H,61,62)(H,63,64)(H,65,66)/p-8/b28-17-/t24-,41-,42+,43+,44+,45?/m1/s1. The number of nitrogens with one attached hydrogen (secondary N) is 1. The van der Waals surface area contributed by atoms with Crippen molar-refractivity contribution in [1.82, 2.24) is 5.32 Å². The van der Waals surface area contributed by atoms with E-state index in [1.807, 2.05) is 0 Å². The number of aliphatic carboxylic acids is 8. The Morgan fingerprint density at radius 1 is 0.652 bits per heavy atom. The molecule has 21 nitrogen and oxygen atoms in total. The molecule has 356 valence electrons. The summed E-state index contributed by atoms with van der Waals surface area (Å²) in [6, 6.07) is 0. The van der Waals surface area contributed by atoms with Gasteiger partial charge in [-0.2, -0.15) is 0 Å². The molecular formula is C45H46N4O17-8. The summed E-state index contributed by atoms with van der Waals surface area (Å²) in [5, 5.41) is 102. The summed E-state index contributed by atoms with van der Waals surface area (Å²) in [6.07, 6.45) is -8.16. The van der Waals surface area contributed by atoms with E-state index in [0.29, 0.717) is 0 Å². The maximum absolute atomic E-state index is 14.8. The van der Waals surface area contributed by atoms with Gasteiger partial charge < -0.3 is 84.5 Å². The van der Waals surface area contributed by atoms with Gasteiger partial charge in [0.25, 0.3) is 0 Å². The number of allylic oxidation sites excluding steroid dienone is 4. The van der Waals surface area contributed by atoms with Crippen LogP contribution in [0.15, 0.2) is 60.4 Å². The van der Waals surface area contributed by atoms with Gasteiger partial charge in [0, 0.05) is 125 Å². The number of rotatable bonds is 21. The molecule has 0 aromatic rings. The second-order valence-electron chi connectivity index (χ2n) is 18.3. The van der Waals surface area contributed by atoms with E-state index in [-0.39, 0.29) is 50.8 Å². The number of hydrogen-bond acceptors (Lipinski definition) is 21. The zero-order valence-electron chi connectivity index (χ0n) is 36.8. The third-order valence-corrected chi connectivity index (χ3v) is 14.0. The predicted molar refractivity (Wildman–Crippen MR) is 209 cm³/mol. The van der Waals surface area contributed by atoms with Crippen molar-refractivity contribution < 1.29 is 84.0 Å². The fourth-order valence-corrected chi connectivity index (χ4v) is 10.9. The Morgan fingerprint density at radius 2 is 1.21 bits per heavy atom. The molecule has 5 heterocycles. The molecule has 0 aromatic heterocycles. The number of carbonyl (C=O) groups is 9. The third-order valence-electron chi connectivity index (χ3n) is 14.0. The summed E-state index contributed by atoms with van der Waals surface area (Å²) in [4.78, 5) is 128. The molecule has 8 bridgehead atoms. The number of nitrogens with zero attached hydrogens (tertiary/aromatic N) is 3. The van der Waals surface area contributed by atoms with Crippen LogP contribution in [0.1, 0.15) is 125 Å². The van der Waals surface area contributed by atoms with Crippen molar-refractivity contribution in [2.24, 2.45) is 37.1 Å². The van der Waals surface area contributed by atoms with Crippen molar-refractivity contribution in [3.05, 3.63) is 45.5 Å². The van der Waals surface area contributed by atoms with Gasteiger partial charge >= 0.3 is 0 Å². The Morgan fingerprint density at radius 3 is 1.74 bits per heavy atom. The average molecular weight is 915 g/mol. The van der Waals surface area contributed by atoms with Crippen molar-refractivity contribution in [3.8, 4) is 0 Å². The van der Waals surface area contributed by atoms with Crippen molar-refractivity contribution in [1.29, 1.82) is 0 Å². The van der Waals surface area contributed by atoms with E-state index in [4.69, 9.17) is 15.0 Å². The minimum Gasteiger partial charge on any atom is -0.550 e. The van der Waals surface area contributed by atoms with Crippen molar-refractivity contribution >= 4 is 70.7 Å². The number of carbonyl (C=O) groups excluding carboxylic acids is 9. The monoisotopic (exact) mass is 914 g/mol. The van der Waals surface area contributed by atoms with Gasteiger partial charge in [-0.05, 0) is 107 Å². The summed E-state index contributed by atoms with van der Waals surface area (Å²) < 4.78 is 0. The van der Waals surface area contributed by atoms with Crippen LogP contribution in [0.3, 0.4) is 0 Å². The number of carboxylic acid groups (broad SMARTS) is 8. The number of carboxylic acids is 8. The lowest BCUT2D eigenvalue weighted by Gasteiger charge is -2.45. The van der Waals surface area contributed by atoms with Crippen LogP contribution in [0.2, 0.25) is 0 Å². The molecule has 5 rings (SSSR count). The van der Waals surface area contributed by atoms with Crippen LogP contribution < -0.4 is 46.2 Å². The van der Waals surface area contributed by atoms with Gasteiger partial charge in [0.1, 0.15) is 5.54 Å². The van der Waals surface area contributed by atoms with Crippen molar-refractivity contribution in [2.45, 2.75) is 136 Å². The minimum atomic E-state index is -2.47. The van der Waals surface area contributed by atoms with Gasteiger partial charge in [0.05, 0.1) is 16.9 Å². The first kappa shape index (κ1) is 50.2. The van der Waals surface area contributed by atoms with E-state index < -0.39 is 182 Å². The fourth-order valence-electron chi connectivity index (χ4n) is 10.9. The zero-order chi connectivity index (χ0) is 49.5. The van der Waals surface area contributed by atoms with E-state index >= 15 is 0 Å². The molecule has 1 N–H and O–H groups in total.